The number of carbonyl (C=O) groups excluding carboxylic acids is 1. The van der Waals surface area contributed by atoms with Crippen LogP contribution in [-0.2, 0) is 9.53 Å². The normalized spacial score (nSPS) is 15.3. The highest BCUT2D eigenvalue weighted by Crippen LogP contribution is 2.34. The Balaban J connectivity index is 1.89. The first-order valence-electron chi connectivity index (χ1n) is 12.3. The van der Waals surface area contributed by atoms with Crippen molar-refractivity contribution in [3.8, 4) is 17.2 Å². The van der Waals surface area contributed by atoms with E-state index < -0.39 is 12.0 Å². The summed E-state index contributed by atoms with van der Waals surface area (Å²) < 4.78 is 19.3. The van der Waals surface area contributed by atoms with Crippen molar-refractivity contribution in [2.75, 3.05) is 13.2 Å². The number of phenolic OH excluding ortho intramolecular Hbond substituents is 1. The summed E-state index contributed by atoms with van der Waals surface area (Å²) in [6.07, 6.45) is 1.76. The van der Waals surface area contributed by atoms with Gasteiger partial charge in [-0.3, -0.25) is 9.36 Å². The molecular formula is C28H29IN2O6S. The van der Waals surface area contributed by atoms with Gasteiger partial charge in [0.25, 0.3) is 5.56 Å². The number of rotatable bonds is 8. The topological polar surface area (TPSA) is 99.4 Å². The van der Waals surface area contributed by atoms with Crippen LogP contribution in [0.3, 0.4) is 0 Å². The Bertz CT molecular complexity index is 1570. The average molecular weight is 649 g/mol. The second-order valence-corrected chi connectivity index (χ2v) is 11.0. The maximum atomic E-state index is 13.8. The van der Waals surface area contributed by atoms with E-state index in [1.807, 2.05) is 67.6 Å². The fraction of sp³-hybridized carbons (Fsp3) is 0.321. The van der Waals surface area contributed by atoms with Crippen molar-refractivity contribution in [2.45, 2.75) is 46.8 Å². The van der Waals surface area contributed by atoms with Gasteiger partial charge in [0.05, 0.1) is 44.7 Å². The minimum Gasteiger partial charge on any atom is -0.504 e. The first-order valence-corrected chi connectivity index (χ1v) is 14.2. The average Bonchev–Trinajstić information content (AvgIpc) is 3.16. The van der Waals surface area contributed by atoms with Crippen LogP contribution in [0.5, 0.6) is 17.2 Å². The number of allylic oxidation sites excluding steroid dienone is 1. The Kier molecular flexibility index (Phi) is 8.61. The molecule has 0 amide bonds. The summed E-state index contributed by atoms with van der Waals surface area (Å²) in [7, 11) is 0. The highest BCUT2D eigenvalue weighted by molar-refractivity contribution is 14.1. The van der Waals surface area contributed by atoms with Gasteiger partial charge in [0.2, 0.25) is 0 Å². The molecular weight excluding hydrogens is 619 g/mol. The standard InChI is InChI=1S/C28H29IN2O6S/c1-6-35-21-13-17(12-20(29)25(21)32)14-22-26(33)31-24(18-8-10-19(11-9-18)37-15(3)4)23(27(34)36-7-2)16(5)30-28(31)38-22/h8-15,24,32H,6-7H2,1-5H3/b22-14-/t24-/m1/s1. The lowest BCUT2D eigenvalue weighted by Crippen LogP contribution is -2.39. The summed E-state index contributed by atoms with van der Waals surface area (Å²) >= 11 is 3.27. The predicted molar refractivity (Wildman–Crippen MR) is 155 cm³/mol. The number of carbonyl (C=O) groups is 1. The van der Waals surface area contributed by atoms with E-state index in [2.05, 4.69) is 4.99 Å². The van der Waals surface area contributed by atoms with Crippen LogP contribution in [0.4, 0.5) is 0 Å². The maximum absolute atomic E-state index is 13.8. The molecule has 2 aromatic carbocycles. The number of hydrogen-bond acceptors (Lipinski definition) is 8. The van der Waals surface area contributed by atoms with Gasteiger partial charge in [0, 0.05) is 0 Å². The first-order chi connectivity index (χ1) is 18.1. The number of aromatic hydroxyl groups is 1. The highest BCUT2D eigenvalue weighted by atomic mass is 127. The number of benzene rings is 2. The van der Waals surface area contributed by atoms with Gasteiger partial charge in [-0.15, -0.1) is 0 Å². The molecule has 1 aliphatic rings. The van der Waals surface area contributed by atoms with E-state index >= 15 is 0 Å². The molecule has 0 radical (unpaired) electrons. The molecule has 1 aliphatic heterocycles. The number of esters is 1. The van der Waals surface area contributed by atoms with Gasteiger partial charge >= 0.3 is 5.97 Å². The zero-order chi connectivity index (χ0) is 27.6. The Morgan fingerprint density at radius 2 is 1.92 bits per heavy atom. The zero-order valence-electron chi connectivity index (χ0n) is 21.8. The monoisotopic (exact) mass is 648 g/mol. The van der Waals surface area contributed by atoms with Crippen molar-refractivity contribution < 1.29 is 24.1 Å². The fourth-order valence-electron chi connectivity index (χ4n) is 4.20. The largest absolute Gasteiger partial charge is 0.504 e. The molecule has 0 aliphatic carbocycles. The molecule has 200 valence electrons. The van der Waals surface area contributed by atoms with Crippen molar-refractivity contribution in [1.82, 2.24) is 4.57 Å². The number of halogens is 1. The summed E-state index contributed by atoms with van der Waals surface area (Å²) in [5.41, 5.74) is 1.98. The Labute approximate surface area is 238 Å². The Morgan fingerprint density at radius 3 is 2.55 bits per heavy atom. The number of aromatic nitrogens is 1. The van der Waals surface area contributed by atoms with E-state index in [9.17, 15) is 14.7 Å². The summed E-state index contributed by atoms with van der Waals surface area (Å²) in [5.74, 6) is 0.595. The second-order valence-electron chi connectivity index (χ2n) is 8.82. The molecule has 4 rings (SSSR count). The smallest absolute Gasteiger partial charge is 0.338 e. The molecule has 1 aromatic heterocycles. The molecule has 1 atom stereocenters. The van der Waals surface area contributed by atoms with Crippen LogP contribution in [0.15, 0.2) is 57.5 Å². The van der Waals surface area contributed by atoms with Gasteiger partial charge in [0.1, 0.15) is 5.75 Å². The summed E-state index contributed by atoms with van der Waals surface area (Å²) in [4.78, 5) is 32.0. The molecule has 0 bridgehead atoms. The van der Waals surface area contributed by atoms with E-state index in [-0.39, 0.29) is 24.0 Å². The Morgan fingerprint density at radius 1 is 1.21 bits per heavy atom. The summed E-state index contributed by atoms with van der Waals surface area (Å²) in [6, 6.07) is 10.1. The molecule has 0 saturated heterocycles. The van der Waals surface area contributed by atoms with E-state index in [1.165, 1.54) is 11.3 Å². The third-order valence-corrected chi connectivity index (χ3v) is 7.54. The van der Waals surface area contributed by atoms with Crippen LogP contribution >= 0.6 is 33.9 Å². The van der Waals surface area contributed by atoms with Gasteiger partial charge in [-0.1, -0.05) is 23.5 Å². The van der Waals surface area contributed by atoms with E-state index in [0.29, 0.717) is 47.8 Å². The van der Waals surface area contributed by atoms with Gasteiger partial charge in [-0.05, 0) is 98.7 Å². The second kappa shape index (κ2) is 11.7. The molecule has 10 heteroatoms. The Hall–Kier alpha value is -3.12. The molecule has 2 heterocycles. The SMILES string of the molecule is CCOC(=O)C1=C(C)N=c2s/c(=C\c3cc(I)c(O)c(OCC)c3)c(=O)n2[C@@H]1c1ccc(OC(C)C)cc1. The quantitative estimate of drug-likeness (QED) is 0.289. The predicted octanol–water partition coefficient (Wildman–Crippen LogP) is 4.29. The van der Waals surface area contributed by atoms with Crippen molar-refractivity contribution in [3.05, 3.63) is 82.1 Å². The van der Waals surface area contributed by atoms with Crippen molar-refractivity contribution in [2.24, 2.45) is 4.99 Å². The zero-order valence-corrected chi connectivity index (χ0v) is 24.8. The lowest BCUT2D eigenvalue weighted by atomic mass is 9.96. The van der Waals surface area contributed by atoms with Gasteiger partial charge in [-0.2, -0.15) is 0 Å². The molecule has 0 saturated carbocycles. The lowest BCUT2D eigenvalue weighted by molar-refractivity contribution is -0.139. The molecule has 3 aromatic rings. The molecule has 0 spiro atoms. The molecule has 38 heavy (non-hydrogen) atoms. The van der Waals surface area contributed by atoms with Gasteiger partial charge < -0.3 is 19.3 Å². The van der Waals surface area contributed by atoms with Crippen LogP contribution in [0, 0.1) is 3.57 Å². The lowest BCUT2D eigenvalue weighted by Gasteiger charge is -2.25. The van der Waals surface area contributed by atoms with E-state index in [0.717, 1.165) is 5.56 Å². The van der Waals surface area contributed by atoms with Crippen LogP contribution in [0.1, 0.15) is 51.8 Å². The van der Waals surface area contributed by atoms with Crippen LogP contribution in [0.2, 0.25) is 0 Å². The highest BCUT2D eigenvalue weighted by Gasteiger charge is 2.33. The number of phenols is 1. The number of hydrogen-bond donors (Lipinski definition) is 1. The van der Waals surface area contributed by atoms with Crippen LogP contribution in [-0.4, -0.2) is 35.0 Å². The van der Waals surface area contributed by atoms with E-state index in [1.54, 1.807) is 36.6 Å². The van der Waals surface area contributed by atoms with Gasteiger partial charge in [0.15, 0.2) is 16.3 Å². The van der Waals surface area contributed by atoms with Crippen molar-refractivity contribution in [3.63, 3.8) is 0 Å². The molecule has 1 N–H and O–H groups in total. The van der Waals surface area contributed by atoms with Crippen molar-refractivity contribution >= 4 is 46.0 Å². The van der Waals surface area contributed by atoms with Gasteiger partial charge in [-0.25, -0.2) is 9.79 Å². The number of nitrogens with zero attached hydrogens (tertiary/aromatic N) is 2. The first kappa shape index (κ1) is 27.9. The van der Waals surface area contributed by atoms with Crippen LogP contribution in [0.25, 0.3) is 6.08 Å². The summed E-state index contributed by atoms with van der Waals surface area (Å²) in [5, 5.41) is 10.3. The minimum absolute atomic E-state index is 0.0157. The minimum atomic E-state index is -0.709. The molecule has 8 nitrogen and oxygen atoms in total. The third-order valence-electron chi connectivity index (χ3n) is 5.73. The number of thiazole rings is 1. The van der Waals surface area contributed by atoms with Crippen molar-refractivity contribution in [1.29, 1.82) is 0 Å². The van der Waals surface area contributed by atoms with E-state index in [4.69, 9.17) is 14.2 Å². The van der Waals surface area contributed by atoms with Crippen LogP contribution < -0.4 is 24.4 Å². The molecule has 0 fully saturated rings. The number of fused-ring (bicyclic) bond motifs is 1. The number of ether oxygens (including phenoxy) is 3. The molecule has 0 unspecified atom stereocenters. The third kappa shape index (κ3) is 5.65. The fourth-order valence-corrected chi connectivity index (χ4v) is 5.87. The summed E-state index contributed by atoms with van der Waals surface area (Å²) in [6.45, 7) is 9.82. The maximum Gasteiger partial charge on any atom is 0.338 e.